The molecule has 1 heterocycles. The normalized spacial score (nSPS) is 26.6. The first-order valence-electron chi connectivity index (χ1n) is 5.12. The molecule has 1 aromatic heterocycles. The Hall–Kier alpha value is -0.960. The van der Waals surface area contributed by atoms with Crippen molar-refractivity contribution in [3.63, 3.8) is 0 Å². The molecule has 1 fully saturated rings. The molecule has 0 aromatic carbocycles. The Labute approximate surface area is 83.6 Å². The smallest absolute Gasteiger partial charge is 0.115 e. The van der Waals surface area contributed by atoms with E-state index in [0.717, 1.165) is 19.4 Å². The zero-order valence-corrected chi connectivity index (χ0v) is 8.12. The molecule has 3 heteroatoms. The molecular weight excluding hydrogens is 179 g/mol. The summed E-state index contributed by atoms with van der Waals surface area (Å²) >= 11 is 0. The van der Waals surface area contributed by atoms with Gasteiger partial charge in [-0.1, -0.05) is 0 Å². The molecule has 76 valence electrons. The molecule has 1 aliphatic carbocycles. The first-order chi connectivity index (χ1) is 6.86. The summed E-state index contributed by atoms with van der Waals surface area (Å²) in [6, 6.07) is 3.97. The van der Waals surface area contributed by atoms with Crippen molar-refractivity contribution in [2.75, 3.05) is 0 Å². The molecule has 1 aromatic rings. The van der Waals surface area contributed by atoms with Crippen LogP contribution in [-0.2, 0) is 6.54 Å². The molecule has 1 saturated carbocycles. The maximum atomic E-state index is 13.2. The van der Waals surface area contributed by atoms with Gasteiger partial charge in [-0.25, -0.2) is 4.39 Å². The predicted octanol–water partition coefficient (Wildman–Crippen LogP) is 2.06. The van der Waals surface area contributed by atoms with Crippen molar-refractivity contribution in [2.45, 2.75) is 38.0 Å². The molecule has 0 unspecified atom stereocenters. The highest BCUT2D eigenvalue weighted by atomic mass is 19.1. The lowest BCUT2D eigenvalue weighted by molar-refractivity contribution is 0.279. The number of pyridine rings is 1. The van der Waals surface area contributed by atoms with E-state index >= 15 is 0 Å². The number of alkyl halides is 1. The van der Waals surface area contributed by atoms with Crippen molar-refractivity contribution in [2.24, 2.45) is 0 Å². The van der Waals surface area contributed by atoms with Gasteiger partial charge in [0.2, 0.25) is 0 Å². The summed E-state index contributed by atoms with van der Waals surface area (Å²) in [4.78, 5) is 3.94. The van der Waals surface area contributed by atoms with Crippen molar-refractivity contribution < 1.29 is 4.39 Å². The molecule has 2 rings (SSSR count). The van der Waals surface area contributed by atoms with E-state index < -0.39 is 6.17 Å². The number of halogens is 1. The third kappa shape index (κ3) is 2.29. The Kier molecular flexibility index (Phi) is 3.09. The molecule has 1 N–H and O–H groups in total. The van der Waals surface area contributed by atoms with Gasteiger partial charge in [0.25, 0.3) is 0 Å². The SMILES string of the molecule is F[C@H]1CCC[C@H]1NCc1ccncc1. The fourth-order valence-corrected chi connectivity index (χ4v) is 1.89. The van der Waals surface area contributed by atoms with Crippen LogP contribution in [0.1, 0.15) is 24.8 Å². The Bertz CT molecular complexity index is 276. The zero-order chi connectivity index (χ0) is 9.80. The van der Waals surface area contributed by atoms with Gasteiger partial charge < -0.3 is 5.32 Å². The van der Waals surface area contributed by atoms with Crippen LogP contribution in [0.2, 0.25) is 0 Å². The van der Waals surface area contributed by atoms with E-state index in [1.807, 2.05) is 12.1 Å². The van der Waals surface area contributed by atoms with Crippen molar-refractivity contribution in [3.05, 3.63) is 30.1 Å². The summed E-state index contributed by atoms with van der Waals surface area (Å²) in [6.45, 7) is 0.744. The van der Waals surface area contributed by atoms with Crippen LogP contribution in [0.3, 0.4) is 0 Å². The molecule has 0 amide bonds. The van der Waals surface area contributed by atoms with Gasteiger partial charge in [-0.15, -0.1) is 0 Å². The van der Waals surface area contributed by atoms with Crippen molar-refractivity contribution in [1.82, 2.24) is 10.3 Å². The summed E-state index contributed by atoms with van der Waals surface area (Å²) in [7, 11) is 0. The monoisotopic (exact) mass is 194 g/mol. The topological polar surface area (TPSA) is 24.9 Å². The molecule has 2 atom stereocenters. The van der Waals surface area contributed by atoms with Crippen LogP contribution in [0, 0.1) is 0 Å². The van der Waals surface area contributed by atoms with Crippen LogP contribution in [0.25, 0.3) is 0 Å². The lowest BCUT2D eigenvalue weighted by Crippen LogP contribution is -2.32. The molecular formula is C11H15FN2. The lowest BCUT2D eigenvalue weighted by Gasteiger charge is -2.14. The quantitative estimate of drug-likeness (QED) is 0.796. The van der Waals surface area contributed by atoms with Gasteiger partial charge in [0, 0.05) is 25.0 Å². The van der Waals surface area contributed by atoms with Crippen LogP contribution in [0.5, 0.6) is 0 Å². The van der Waals surface area contributed by atoms with Crippen molar-refractivity contribution in [3.8, 4) is 0 Å². The Balaban J connectivity index is 1.82. The summed E-state index contributed by atoms with van der Waals surface area (Å²) < 4.78 is 13.2. The van der Waals surface area contributed by atoms with Gasteiger partial charge in [0.1, 0.15) is 6.17 Å². The Morgan fingerprint density at radius 2 is 2.14 bits per heavy atom. The number of aromatic nitrogens is 1. The largest absolute Gasteiger partial charge is 0.307 e. The van der Waals surface area contributed by atoms with Crippen LogP contribution >= 0.6 is 0 Å². The van der Waals surface area contributed by atoms with E-state index in [2.05, 4.69) is 10.3 Å². The fourth-order valence-electron chi connectivity index (χ4n) is 1.89. The first-order valence-corrected chi connectivity index (χ1v) is 5.12. The Morgan fingerprint density at radius 1 is 1.36 bits per heavy atom. The number of hydrogen-bond acceptors (Lipinski definition) is 2. The minimum atomic E-state index is -0.656. The zero-order valence-electron chi connectivity index (χ0n) is 8.12. The number of nitrogens with one attached hydrogen (secondary N) is 1. The standard InChI is InChI=1S/C11H15FN2/c12-10-2-1-3-11(10)14-8-9-4-6-13-7-5-9/h4-7,10-11,14H,1-3,8H2/t10-,11+/m0/s1. The van der Waals surface area contributed by atoms with Crippen LogP contribution in [0.15, 0.2) is 24.5 Å². The van der Waals surface area contributed by atoms with Crippen LogP contribution in [0.4, 0.5) is 4.39 Å². The third-order valence-electron chi connectivity index (χ3n) is 2.75. The van der Waals surface area contributed by atoms with Crippen LogP contribution in [-0.4, -0.2) is 17.2 Å². The molecule has 1 aliphatic rings. The van der Waals surface area contributed by atoms with Gasteiger partial charge in [-0.2, -0.15) is 0 Å². The van der Waals surface area contributed by atoms with E-state index in [4.69, 9.17) is 0 Å². The van der Waals surface area contributed by atoms with E-state index in [1.165, 1.54) is 5.56 Å². The second-order valence-corrected chi connectivity index (χ2v) is 3.79. The maximum absolute atomic E-state index is 13.2. The molecule has 0 saturated heterocycles. The highest BCUT2D eigenvalue weighted by molar-refractivity contribution is 5.09. The summed E-state index contributed by atoms with van der Waals surface area (Å²) in [5.41, 5.74) is 1.17. The van der Waals surface area contributed by atoms with Gasteiger partial charge >= 0.3 is 0 Å². The predicted molar refractivity (Wildman–Crippen MR) is 53.6 cm³/mol. The highest BCUT2D eigenvalue weighted by Gasteiger charge is 2.25. The molecule has 2 nitrogen and oxygen atoms in total. The van der Waals surface area contributed by atoms with Crippen molar-refractivity contribution >= 4 is 0 Å². The number of hydrogen-bond donors (Lipinski definition) is 1. The minimum Gasteiger partial charge on any atom is -0.307 e. The first kappa shape index (κ1) is 9.59. The second-order valence-electron chi connectivity index (χ2n) is 3.79. The fraction of sp³-hybridized carbons (Fsp3) is 0.545. The summed E-state index contributed by atoms with van der Waals surface area (Å²) in [5.74, 6) is 0. The summed E-state index contributed by atoms with van der Waals surface area (Å²) in [6.07, 6.45) is 5.56. The average molecular weight is 194 g/mol. The highest BCUT2D eigenvalue weighted by Crippen LogP contribution is 2.22. The number of rotatable bonds is 3. The number of nitrogens with zero attached hydrogens (tertiary/aromatic N) is 1. The lowest BCUT2D eigenvalue weighted by atomic mass is 10.2. The van der Waals surface area contributed by atoms with E-state index in [1.54, 1.807) is 12.4 Å². The molecule has 0 spiro atoms. The van der Waals surface area contributed by atoms with E-state index in [9.17, 15) is 4.39 Å². The van der Waals surface area contributed by atoms with Gasteiger partial charge in [-0.3, -0.25) is 4.98 Å². The molecule has 0 radical (unpaired) electrons. The van der Waals surface area contributed by atoms with Gasteiger partial charge in [0.15, 0.2) is 0 Å². The average Bonchev–Trinajstić information content (AvgIpc) is 2.63. The summed E-state index contributed by atoms with van der Waals surface area (Å²) in [5, 5.41) is 3.24. The Morgan fingerprint density at radius 3 is 2.79 bits per heavy atom. The second kappa shape index (κ2) is 4.51. The van der Waals surface area contributed by atoms with Crippen LogP contribution < -0.4 is 5.32 Å². The third-order valence-corrected chi connectivity index (χ3v) is 2.75. The molecule has 14 heavy (non-hydrogen) atoms. The molecule has 0 aliphatic heterocycles. The van der Waals surface area contributed by atoms with E-state index in [0.29, 0.717) is 6.42 Å². The molecule has 0 bridgehead atoms. The van der Waals surface area contributed by atoms with E-state index in [-0.39, 0.29) is 6.04 Å². The minimum absolute atomic E-state index is 0.0585. The van der Waals surface area contributed by atoms with Gasteiger partial charge in [-0.05, 0) is 37.0 Å². The van der Waals surface area contributed by atoms with Crippen molar-refractivity contribution in [1.29, 1.82) is 0 Å². The van der Waals surface area contributed by atoms with Gasteiger partial charge in [0.05, 0.1) is 0 Å². The maximum Gasteiger partial charge on any atom is 0.115 e.